The third-order valence-electron chi connectivity index (χ3n) is 3.93. The van der Waals surface area contributed by atoms with Crippen LogP contribution in [0.25, 0.3) is 0 Å². The molecule has 0 bridgehead atoms. The molecule has 0 aromatic carbocycles. The second-order valence-corrected chi connectivity index (χ2v) is 5.45. The van der Waals surface area contributed by atoms with Crippen molar-refractivity contribution in [3.8, 4) is 0 Å². The standard InChI is InChI=1S/C15H26N4/c1-4-16-12-13-6-5-9-17-15(13)19-10-7-14(8-11-19)18(2)3/h5-6,9,14,16H,4,7-8,10-12H2,1-3H3. The number of pyridine rings is 1. The molecule has 1 aromatic rings. The van der Waals surface area contributed by atoms with Gasteiger partial charge in [0.25, 0.3) is 0 Å². The van der Waals surface area contributed by atoms with Gasteiger partial charge in [0.05, 0.1) is 0 Å². The van der Waals surface area contributed by atoms with Crippen LogP contribution in [0.3, 0.4) is 0 Å². The van der Waals surface area contributed by atoms with Crippen LogP contribution in [0.5, 0.6) is 0 Å². The van der Waals surface area contributed by atoms with Crippen molar-refractivity contribution in [1.29, 1.82) is 0 Å². The number of hydrogen-bond donors (Lipinski definition) is 1. The fourth-order valence-electron chi connectivity index (χ4n) is 2.71. The Morgan fingerprint density at radius 3 is 2.74 bits per heavy atom. The van der Waals surface area contributed by atoms with Crippen LogP contribution in [0.2, 0.25) is 0 Å². The summed E-state index contributed by atoms with van der Waals surface area (Å²) in [5.41, 5.74) is 1.31. The molecule has 1 fully saturated rings. The summed E-state index contributed by atoms with van der Waals surface area (Å²) in [4.78, 5) is 9.38. The number of nitrogens with zero attached hydrogens (tertiary/aromatic N) is 3. The molecule has 0 spiro atoms. The SMILES string of the molecule is CCNCc1cccnc1N1CCC(N(C)C)CC1. The highest BCUT2D eigenvalue weighted by Crippen LogP contribution is 2.23. The molecule has 0 unspecified atom stereocenters. The lowest BCUT2D eigenvalue weighted by molar-refractivity contribution is 0.249. The number of piperidine rings is 1. The normalized spacial score (nSPS) is 17.2. The van der Waals surface area contributed by atoms with Crippen LogP contribution in [0.4, 0.5) is 5.82 Å². The van der Waals surface area contributed by atoms with Gasteiger partial charge in [0.15, 0.2) is 0 Å². The van der Waals surface area contributed by atoms with E-state index in [1.165, 1.54) is 24.2 Å². The molecule has 0 radical (unpaired) electrons. The second-order valence-electron chi connectivity index (χ2n) is 5.45. The Kier molecular flexibility index (Phi) is 5.16. The van der Waals surface area contributed by atoms with Crippen molar-refractivity contribution in [2.24, 2.45) is 0 Å². The molecule has 1 aliphatic rings. The van der Waals surface area contributed by atoms with Crippen molar-refractivity contribution >= 4 is 5.82 Å². The maximum atomic E-state index is 4.60. The summed E-state index contributed by atoms with van der Waals surface area (Å²) in [6, 6.07) is 4.93. The number of nitrogens with one attached hydrogen (secondary N) is 1. The van der Waals surface area contributed by atoms with E-state index in [9.17, 15) is 0 Å². The highest BCUT2D eigenvalue weighted by molar-refractivity contribution is 5.47. The van der Waals surface area contributed by atoms with Gasteiger partial charge in [-0.05, 0) is 39.5 Å². The topological polar surface area (TPSA) is 31.4 Å². The zero-order valence-electron chi connectivity index (χ0n) is 12.4. The van der Waals surface area contributed by atoms with Gasteiger partial charge in [0, 0.05) is 37.4 Å². The first kappa shape index (κ1) is 14.3. The molecule has 0 amide bonds. The molecule has 1 aromatic heterocycles. The average Bonchev–Trinajstić information content (AvgIpc) is 2.45. The van der Waals surface area contributed by atoms with Crippen LogP contribution in [-0.2, 0) is 6.54 Å². The molecule has 0 atom stereocenters. The van der Waals surface area contributed by atoms with Gasteiger partial charge in [-0.3, -0.25) is 0 Å². The van der Waals surface area contributed by atoms with Crippen LogP contribution >= 0.6 is 0 Å². The molecule has 2 rings (SSSR count). The Morgan fingerprint density at radius 1 is 1.37 bits per heavy atom. The lowest BCUT2D eigenvalue weighted by atomic mass is 10.0. The lowest BCUT2D eigenvalue weighted by Crippen LogP contribution is -2.42. The Morgan fingerprint density at radius 2 is 2.11 bits per heavy atom. The first-order valence-corrected chi connectivity index (χ1v) is 7.28. The van der Waals surface area contributed by atoms with E-state index in [1.54, 1.807) is 0 Å². The van der Waals surface area contributed by atoms with Crippen LogP contribution in [0, 0.1) is 0 Å². The first-order valence-electron chi connectivity index (χ1n) is 7.28. The van der Waals surface area contributed by atoms with Crippen molar-refractivity contribution in [3.63, 3.8) is 0 Å². The van der Waals surface area contributed by atoms with E-state index in [-0.39, 0.29) is 0 Å². The third kappa shape index (κ3) is 3.67. The largest absolute Gasteiger partial charge is 0.356 e. The second kappa shape index (κ2) is 6.87. The fourth-order valence-corrected chi connectivity index (χ4v) is 2.71. The van der Waals surface area contributed by atoms with Gasteiger partial charge in [-0.15, -0.1) is 0 Å². The Balaban J connectivity index is 2.02. The summed E-state index contributed by atoms with van der Waals surface area (Å²) in [6.45, 7) is 6.26. The van der Waals surface area contributed by atoms with Gasteiger partial charge in [0.1, 0.15) is 5.82 Å². The van der Waals surface area contributed by atoms with Crippen LogP contribution in [-0.4, -0.2) is 49.7 Å². The quantitative estimate of drug-likeness (QED) is 0.875. The molecule has 0 aliphatic carbocycles. The molecule has 106 valence electrons. The van der Waals surface area contributed by atoms with Crippen molar-refractivity contribution in [2.75, 3.05) is 38.6 Å². The summed E-state index contributed by atoms with van der Waals surface area (Å²) in [6.07, 6.45) is 4.36. The van der Waals surface area contributed by atoms with Gasteiger partial charge in [-0.2, -0.15) is 0 Å². The van der Waals surface area contributed by atoms with Crippen LogP contribution < -0.4 is 10.2 Å². The van der Waals surface area contributed by atoms with Gasteiger partial charge in [-0.1, -0.05) is 13.0 Å². The minimum absolute atomic E-state index is 0.720. The van der Waals surface area contributed by atoms with E-state index in [0.717, 1.165) is 32.2 Å². The molecule has 19 heavy (non-hydrogen) atoms. The van der Waals surface area contributed by atoms with E-state index < -0.39 is 0 Å². The zero-order valence-corrected chi connectivity index (χ0v) is 12.4. The lowest BCUT2D eigenvalue weighted by Gasteiger charge is -2.36. The maximum Gasteiger partial charge on any atom is 0.133 e. The van der Waals surface area contributed by atoms with Crippen LogP contribution in [0.15, 0.2) is 18.3 Å². The van der Waals surface area contributed by atoms with E-state index in [1.807, 2.05) is 12.3 Å². The Hall–Kier alpha value is -1.13. The average molecular weight is 262 g/mol. The number of rotatable bonds is 5. The van der Waals surface area contributed by atoms with E-state index in [2.05, 4.69) is 47.2 Å². The minimum Gasteiger partial charge on any atom is -0.356 e. The van der Waals surface area contributed by atoms with Crippen molar-refractivity contribution in [3.05, 3.63) is 23.9 Å². The number of anilines is 1. The highest BCUT2D eigenvalue weighted by Gasteiger charge is 2.22. The summed E-state index contributed by atoms with van der Waals surface area (Å²) < 4.78 is 0. The molecule has 1 aliphatic heterocycles. The Labute approximate surface area is 116 Å². The van der Waals surface area contributed by atoms with Crippen molar-refractivity contribution in [1.82, 2.24) is 15.2 Å². The summed E-state index contributed by atoms with van der Waals surface area (Å²) in [5, 5.41) is 3.40. The monoisotopic (exact) mass is 262 g/mol. The summed E-state index contributed by atoms with van der Waals surface area (Å²) in [7, 11) is 4.36. The number of hydrogen-bond acceptors (Lipinski definition) is 4. The zero-order chi connectivity index (χ0) is 13.7. The number of aromatic nitrogens is 1. The minimum atomic E-state index is 0.720. The maximum absolute atomic E-state index is 4.60. The van der Waals surface area contributed by atoms with Gasteiger partial charge < -0.3 is 15.1 Å². The third-order valence-corrected chi connectivity index (χ3v) is 3.93. The summed E-state index contributed by atoms with van der Waals surface area (Å²) in [5.74, 6) is 1.17. The smallest absolute Gasteiger partial charge is 0.133 e. The highest BCUT2D eigenvalue weighted by atomic mass is 15.2. The molecule has 0 saturated carbocycles. The first-order chi connectivity index (χ1) is 9.22. The van der Waals surface area contributed by atoms with Crippen molar-refractivity contribution < 1.29 is 0 Å². The predicted molar refractivity (Wildman–Crippen MR) is 80.5 cm³/mol. The molecule has 4 nitrogen and oxygen atoms in total. The van der Waals surface area contributed by atoms with E-state index in [0.29, 0.717) is 0 Å². The van der Waals surface area contributed by atoms with Crippen molar-refractivity contribution in [2.45, 2.75) is 32.4 Å². The molecule has 1 N–H and O–H groups in total. The molecular formula is C15H26N4. The van der Waals surface area contributed by atoms with E-state index in [4.69, 9.17) is 0 Å². The van der Waals surface area contributed by atoms with E-state index >= 15 is 0 Å². The van der Waals surface area contributed by atoms with Gasteiger partial charge in [0.2, 0.25) is 0 Å². The molecule has 2 heterocycles. The predicted octanol–water partition coefficient (Wildman–Crippen LogP) is 1.72. The molecule has 1 saturated heterocycles. The fraction of sp³-hybridized carbons (Fsp3) is 0.667. The molecule has 4 heteroatoms. The van der Waals surface area contributed by atoms with Crippen LogP contribution in [0.1, 0.15) is 25.3 Å². The Bertz CT molecular complexity index is 383. The summed E-state index contributed by atoms with van der Waals surface area (Å²) >= 11 is 0. The van der Waals surface area contributed by atoms with Gasteiger partial charge >= 0.3 is 0 Å². The van der Waals surface area contributed by atoms with Gasteiger partial charge in [-0.25, -0.2) is 4.98 Å². The molecular weight excluding hydrogens is 236 g/mol.